The topological polar surface area (TPSA) is 20.2 Å². The fourth-order valence-electron chi connectivity index (χ4n) is 1.85. The fraction of sp³-hybridized carbons (Fsp3) is 0.600. The number of hydrogen-bond donors (Lipinski definition) is 2. The van der Waals surface area contributed by atoms with Crippen molar-refractivity contribution in [3.05, 3.63) is 29.3 Å². The van der Waals surface area contributed by atoms with Gasteiger partial charge in [0, 0.05) is 10.8 Å². The lowest BCUT2D eigenvalue weighted by atomic mass is 9.81. The molecule has 0 saturated heterocycles. The Bertz CT molecular complexity index is 396. The van der Waals surface area contributed by atoms with Crippen LogP contribution in [0.5, 0.6) is 5.75 Å². The molecule has 17 heavy (non-hydrogen) atoms. The average Bonchev–Trinajstić information content (AvgIpc) is 2.13. The van der Waals surface area contributed by atoms with Crippen molar-refractivity contribution < 1.29 is 5.11 Å². The second-order valence-corrected chi connectivity index (χ2v) is 7.28. The summed E-state index contributed by atoms with van der Waals surface area (Å²) in [5.74, 6) is 0.398. The smallest absolute Gasteiger partial charge is 0.123 e. The summed E-state index contributed by atoms with van der Waals surface area (Å²) < 4.78 is 0. The van der Waals surface area contributed by atoms with Gasteiger partial charge in [0.25, 0.3) is 0 Å². The summed E-state index contributed by atoms with van der Waals surface area (Å²) in [7, 11) is 0. The fourth-order valence-corrected chi connectivity index (χ4v) is 2.06. The van der Waals surface area contributed by atoms with Crippen LogP contribution >= 0.6 is 12.6 Å². The SMILES string of the molecule is CC(C)(C)c1cccc(C(S)C(C)(C)C)c1O. The third-order valence-corrected chi connectivity index (χ3v) is 4.04. The summed E-state index contributed by atoms with van der Waals surface area (Å²) in [6.07, 6.45) is 0. The lowest BCUT2D eigenvalue weighted by Crippen LogP contribution is -2.16. The second kappa shape index (κ2) is 4.56. The summed E-state index contributed by atoms with van der Waals surface area (Å²) in [6, 6.07) is 5.96. The maximum atomic E-state index is 10.4. The molecule has 0 aliphatic heterocycles. The van der Waals surface area contributed by atoms with Gasteiger partial charge in [0.05, 0.1) is 0 Å². The van der Waals surface area contributed by atoms with Gasteiger partial charge in [0.15, 0.2) is 0 Å². The standard InChI is InChI=1S/C15H24OS/c1-14(2,3)11-9-7-8-10(12(11)16)13(17)15(4,5)6/h7-9,13,16-17H,1-6H3. The van der Waals surface area contributed by atoms with Crippen LogP contribution in [0.15, 0.2) is 18.2 Å². The predicted octanol–water partition coefficient (Wildman–Crippen LogP) is 4.71. The number of rotatable bonds is 1. The molecule has 1 N–H and O–H groups in total. The monoisotopic (exact) mass is 252 g/mol. The van der Waals surface area contributed by atoms with E-state index in [1.165, 1.54) is 0 Å². The Morgan fingerprint density at radius 3 is 2.00 bits per heavy atom. The molecule has 1 aromatic rings. The van der Waals surface area contributed by atoms with Crippen LogP contribution < -0.4 is 0 Å². The highest BCUT2D eigenvalue weighted by atomic mass is 32.1. The van der Waals surface area contributed by atoms with Gasteiger partial charge in [-0.05, 0) is 16.4 Å². The van der Waals surface area contributed by atoms with Crippen LogP contribution in [0, 0.1) is 5.41 Å². The van der Waals surface area contributed by atoms with Crippen molar-refractivity contribution in [1.82, 2.24) is 0 Å². The number of thiol groups is 1. The molecule has 0 aromatic heterocycles. The molecule has 1 aromatic carbocycles. The van der Waals surface area contributed by atoms with Gasteiger partial charge in [-0.25, -0.2) is 0 Å². The minimum atomic E-state index is -0.0501. The molecule has 1 unspecified atom stereocenters. The molecule has 0 saturated carbocycles. The van der Waals surface area contributed by atoms with E-state index >= 15 is 0 Å². The first-order valence-corrected chi connectivity index (χ1v) is 6.57. The first kappa shape index (κ1) is 14.4. The number of benzene rings is 1. The minimum absolute atomic E-state index is 0.0249. The van der Waals surface area contributed by atoms with Crippen LogP contribution in [0.3, 0.4) is 0 Å². The van der Waals surface area contributed by atoms with Crippen molar-refractivity contribution in [3.63, 3.8) is 0 Å². The average molecular weight is 252 g/mol. The summed E-state index contributed by atoms with van der Waals surface area (Å²) in [5.41, 5.74) is 1.88. The summed E-state index contributed by atoms with van der Waals surface area (Å²) >= 11 is 4.65. The third-order valence-electron chi connectivity index (χ3n) is 2.99. The van der Waals surface area contributed by atoms with E-state index in [0.29, 0.717) is 5.75 Å². The van der Waals surface area contributed by atoms with Crippen LogP contribution in [0.2, 0.25) is 0 Å². The lowest BCUT2D eigenvalue weighted by molar-refractivity contribution is 0.382. The first-order chi connectivity index (χ1) is 7.55. The largest absolute Gasteiger partial charge is 0.507 e. The molecule has 0 aliphatic carbocycles. The van der Waals surface area contributed by atoms with Gasteiger partial charge in [-0.2, -0.15) is 12.6 Å². The zero-order valence-electron chi connectivity index (χ0n) is 11.7. The molecule has 96 valence electrons. The molecule has 1 rings (SSSR count). The quantitative estimate of drug-likeness (QED) is 0.694. The molecular formula is C15H24OS. The second-order valence-electron chi connectivity index (χ2n) is 6.76. The normalized spacial score (nSPS) is 14.8. The van der Waals surface area contributed by atoms with E-state index in [2.05, 4.69) is 54.2 Å². The molecule has 0 spiro atoms. The van der Waals surface area contributed by atoms with Crippen molar-refractivity contribution in [2.45, 2.75) is 52.2 Å². The van der Waals surface area contributed by atoms with Crippen LogP contribution in [-0.4, -0.2) is 5.11 Å². The van der Waals surface area contributed by atoms with Crippen LogP contribution in [-0.2, 0) is 5.41 Å². The molecule has 1 atom stereocenters. The van der Waals surface area contributed by atoms with Gasteiger partial charge in [0.2, 0.25) is 0 Å². The van der Waals surface area contributed by atoms with Gasteiger partial charge in [-0.1, -0.05) is 59.7 Å². The first-order valence-electron chi connectivity index (χ1n) is 6.05. The minimum Gasteiger partial charge on any atom is -0.507 e. The van der Waals surface area contributed by atoms with E-state index in [1.807, 2.05) is 18.2 Å². The highest BCUT2D eigenvalue weighted by molar-refractivity contribution is 7.80. The number of aromatic hydroxyl groups is 1. The van der Waals surface area contributed by atoms with Gasteiger partial charge in [-0.3, -0.25) is 0 Å². The summed E-state index contributed by atoms with van der Waals surface area (Å²) in [4.78, 5) is 0. The Kier molecular flexibility index (Phi) is 3.87. The summed E-state index contributed by atoms with van der Waals surface area (Å²) in [6.45, 7) is 12.7. The van der Waals surface area contributed by atoms with Crippen molar-refractivity contribution in [1.29, 1.82) is 0 Å². The molecular weight excluding hydrogens is 228 g/mol. The maximum Gasteiger partial charge on any atom is 0.123 e. The van der Waals surface area contributed by atoms with E-state index in [-0.39, 0.29) is 16.1 Å². The molecule has 0 aliphatic rings. The van der Waals surface area contributed by atoms with Crippen molar-refractivity contribution in [2.75, 3.05) is 0 Å². The van der Waals surface area contributed by atoms with E-state index < -0.39 is 0 Å². The van der Waals surface area contributed by atoms with Crippen molar-refractivity contribution >= 4 is 12.6 Å². The van der Waals surface area contributed by atoms with Crippen molar-refractivity contribution in [2.24, 2.45) is 5.41 Å². The van der Waals surface area contributed by atoms with E-state index in [0.717, 1.165) is 11.1 Å². The molecule has 2 heteroatoms. The van der Waals surface area contributed by atoms with E-state index in [9.17, 15) is 5.11 Å². The van der Waals surface area contributed by atoms with Crippen LogP contribution in [0.4, 0.5) is 0 Å². The van der Waals surface area contributed by atoms with Gasteiger partial charge in [0.1, 0.15) is 5.75 Å². The Labute approximate surface area is 111 Å². The Hall–Kier alpha value is -0.630. The number of para-hydroxylation sites is 1. The molecule has 0 bridgehead atoms. The molecule has 0 radical (unpaired) electrons. The lowest BCUT2D eigenvalue weighted by Gasteiger charge is -2.29. The molecule has 0 heterocycles. The number of phenolic OH excluding ortho intramolecular Hbond substituents is 1. The van der Waals surface area contributed by atoms with Crippen molar-refractivity contribution in [3.8, 4) is 5.75 Å². The van der Waals surface area contributed by atoms with Gasteiger partial charge >= 0.3 is 0 Å². The highest BCUT2D eigenvalue weighted by Crippen LogP contribution is 2.44. The Morgan fingerprint density at radius 2 is 1.59 bits per heavy atom. The van der Waals surface area contributed by atoms with Crippen LogP contribution in [0.1, 0.15) is 57.9 Å². The maximum absolute atomic E-state index is 10.4. The molecule has 0 amide bonds. The molecule has 0 fully saturated rings. The Balaban J connectivity index is 3.30. The van der Waals surface area contributed by atoms with Crippen LogP contribution in [0.25, 0.3) is 0 Å². The predicted molar refractivity (Wildman–Crippen MR) is 78.0 cm³/mol. The zero-order valence-corrected chi connectivity index (χ0v) is 12.6. The number of phenols is 1. The Morgan fingerprint density at radius 1 is 1.06 bits per heavy atom. The van der Waals surface area contributed by atoms with E-state index in [4.69, 9.17) is 0 Å². The number of hydrogen-bond acceptors (Lipinski definition) is 2. The molecule has 1 nitrogen and oxygen atoms in total. The van der Waals surface area contributed by atoms with Gasteiger partial charge < -0.3 is 5.11 Å². The highest BCUT2D eigenvalue weighted by Gasteiger charge is 2.28. The van der Waals surface area contributed by atoms with E-state index in [1.54, 1.807) is 0 Å². The third kappa shape index (κ3) is 3.19. The summed E-state index contributed by atoms with van der Waals surface area (Å²) in [5, 5.41) is 10.4. The zero-order chi connectivity index (χ0) is 13.4. The van der Waals surface area contributed by atoms with Gasteiger partial charge in [-0.15, -0.1) is 0 Å².